The van der Waals surface area contributed by atoms with Gasteiger partial charge in [-0.05, 0) is 50.2 Å². The summed E-state index contributed by atoms with van der Waals surface area (Å²) in [5.74, 6) is 2.45. The molecule has 0 spiro atoms. The molecule has 4 nitrogen and oxygen atoms in total. The molecule has 0 radical (unpaired) electrons. The number of pyridine rings is 1. The molecule has 2 fully saturated rings. The molecule has 4 atom stereocenters. The minimum atomic E-state index is 0.220. The quantitative estimate of drug-likeness (QED) is 0.835. The highest BCUT2D eigenvalue weighted by Gasteiger charge is 2.48. The van der Waals surface area contributed by atoms with Gasteiger partial charge in [0.05, 0.1) is 5.92 Å². The van der Waals surface area contributed by atoms with Crippen LogP contribution in [0.25, 0.3) is 11.2 Å². The average Bonchev–Trinajstić information content (AvgIpc) is 3.00. The van der Waals surface area contributed by atoms with E-state index in [0.29, 0.717) is 17.8 Å². The van der Waals surface area contributed by atoms with Crippen LogP contribution in [0, 0.1) is 18.8 Å². The monoisotopic (exact) mass is 243 g/mol. The second kappa shape index (κ2) is 3.54. The highest BCUT2D eigenvalue weighted by molar-refractivity contribution is 5.67. The van der Waals surface area contributed by atoms with E-state index in [0.717, 1.165) is 22.8 Å². The number of nitrogens with two attached hydrogens (primary N) is 1. The van der Waals surface area contributed by atoms with Crippen LogP contribution in [0.5, 0.6) is 0 Å². The summed E-state index contributed by atoms with van der Waals surface area (Å²) < 4.78 is 5.88. The molecule has 4 unspecified atom stereocenters. The van der Waals surface area contributed by atoms with E-state index in [2.05, 4.69) is 9.97 Å². The molecule has 2 saturated carbocycles. The highest BCUT2D eigenvalue weighted by Crippen LogP contribution is 2.52. The van der Waals surface area contributed by atoms with E-state index < -0.39 is 0 Å². The Balaban J connectivity index is 1.78. The van der Waals surface area contributed by atoms with Crippen LogP contribution < -0.4 is 5.73 Å². The molecule has 18 heavy (non-hydrogen) atoms. The normalized spacial score (nSPS) is 34.6. The largest absolute Gasteiger partial charge is 0.439 e. The number of aromatic nitrogens is 2. The SMILES string of the molecule is Cc1ccc2oc(C3C4CCC(C4)C3N)nc2n1. The lowest BCUT2D eigenvalue weighted by Crippen LogP contribution is -2.34. The van der Waals surface area contributed by atoms with Crippen molar-refractivity contribution >= 4 is 11.2 Å². The second-order valence-corrected chi connectivity index (χ2v) is 5.76. The maximum absolute atomic E-state index is 6.33. The molecule has 0 aliphatic heterocycles. The fourth-order valence-corrected chi connectivity index (χ4v) is 3.77. The Morgan fingerprint density at radius 1 is 1.22 bits per heavy atom. The molecule has 94 valence electrons. The summed E-state index contributed by atoms with van der Waals surface area (Å²) in [6.45, 7) is 1.97. The Bertz CT molecular complexity index is 604. The lowest BCUT2D eigenvalue weighted by molar-refractivity contribution is 0.317. The van der Waals surface area contributed by atoms with Crippen LogP contribution in [0.15, 0.2) is 16.5 Å². The van der Waals surface area contributed by atoms with E-state index in [-0.39, 0.29) is 6.04 Å². The summed E-state index contributed by atoms with van der Waals surface area (Å²) >= 11 is 0. The fourth-order valence-electron chi connectivity index (χ4n) is 3.77. The molecule has 4 heteroatoms. The molecule has 2 aromatic heterocycles. The van der Waals surface area contributed by atoms with Crippen LogP contribution in [-0.2, 0) is 0 Å². The maximum atomic E-state index is 6.33. The van der Waals surface area contributed by atoms with Crippen LogP contribution in [0.2, 0.25) is 0 Å². The molecule has 2 N–H and O–H groups in total. The van der Waals surface area contributed by atoms with Gasteiger partial charge in [-0.3, -0.25) is 0 Å². The van der Waals surface area contributed by atoms with Gasteiger partial charge in [-0.1, -0.05) is 0 Å². The lowest BCUT2D eigenvalue weighted by Gasteiger charge is -2.25. The molecule has 0 amide bonds. The standard InChI is InChI=1S/C14H17N3O/c1-7-2-5-10-13(16-7)17-14(18-10)11-8-3-4-9(6-8)12(11)15/h2,5,8-9,11-12H,3-4,6,15H2,1H3. The Kier molecular flexibility index (Phi) is 2.07. The van der Waals surface area contributed by atoms with Crippen molar-refractivity contribution in [2.75, 3.05) is 0 Å². The Morgan fingerprint density at radius 2 is 2.06 bits per heavy atom. The van der Waals surface area contributed by atoms with Crippen molar-refractivity contribution in [1.82, 2.24) is 9.97 Å². The molecule has 2 heterocycles. The van der Waals surface area contributed by atoms with E-state index >= 15 is 0 Å². The predicted molar refractivity (Wildman–Crippen MR) is 68.1 cm³/mol. The maximum Gasteiger partial charge on any atom is 0.202 e. The zero-order valence-corrected chi connectivity index (χ0v) is 10.5. The number of fused-ring (bicyclic) bond motifs is 3. The summed E-state index contributed by atoms with van der Waals surface area (Å²) in [6.07, 6.45) is 3.80. The third-order valence-corrected chi connectivity index (χ3v) is 4.67. The van der Waals surface area contributed by atoms with Crippen LogP contribution in [0.1, 0.15) is 36.8 Å². The number of hydrogen-bond donors (Lipinski definition) is 1. The van der Waals surface area contributed by atoms with Gasteiger partial charge in [0.2, 0.25) is 5.89 Å². The minimum Gasteiger partial charge on any atom is -0.439 e. The molecule has 2 aromatic rings. The van der Waals surface area contributed by atoms with Crippen molar-refractivity contribution in [3.8, 4) is 0 Å². The first-order valence-corrected chi connectivity index (χ1v) is 6.72. The van der Waals surface area contributed by atoms with Crippen LogP contribution >= 0.6 is 0 Å². The van der Waals surface area contributed by atoms with Crippen LogP contribution in [0.4, 0.5) is 0 Å². The van der Waals surface area contributed by atoms with Crippen LogP contribution in [0.3, 0.4) is 0 Å². The van der Waals surface area contributed by atoms with Gasteiger partial charge in [-0.15, -0.1) is 0 Å². The van der Waals surface area contributed by atoms with E-state index in [1.165, 1.54) is 19.3 Å². The Morgan fingerprint density at radius 3 is 2.83 bits per heavy atom. The molecule has 0 aromatic carbocycles. The molecule has 2 aliphatic rings. The number of aryl methyl sites for hydroxylation is 1. The molecule has 4 rings (SSSR count). The zero-order valence-electron chi connectivity index (χ0n) is 10.5. The van der Waals surface area contributed by atoms with Gasteiger partial charge < -0.3 is 10.2 Å². The number of oxazole rings is 1. The molecular weight excluding hydrogens is 226 g/mol. The summed E-state index contributed by atoms with van der Waals surface area (Å²) in [5.41, 5.74) is 8.80. The van der Waals surface area contributed by atoms with Crippen LogP contribution in [-0.4, -0.2) is 16.0 Å². The summed E-state index contributed by atoms with van der Waals surface area (Å²) in [7, 11) is 0. The van der Waals surface area contributed by atoms with Gasteiger partial charge in [0.25, 0.3) is 0 Å². The fraction of sp³-hybridized carbons (Fsp3) is 0.571. The first-order chi connectivity index (χ1) is 8.72. The van der Waals surface area contributed by atoms with Crippen molar-refractivity contribution in [1.29, 1.82) is 0 Å². The molecule has 0 saturated heterocycles. The predicted octanol–water partition coefficient (Wildman–Crippen LogP) is 2.37. The number of nitrogens with zero attached hydrogens (tertiary/aromatic N) is 2. The van der Waals surface area contributed by atoms with Gasteiger partial charge in [0, 0.05) is 11.7 Å². The van der Waals surface area contributed by atoms with Crippen molar-refractivity contribution in [2.45, 2.75) is 38.1 Å². The van der Waals surface area contributed by atoms with Gasteiger partial charge in [0.1, 0.15) is 0 Å². The second-order valence-electron chi connectivity index (χ2n) is 5.76. The lowest BCUT2D eigenvalue weighted by atomic mass is 9.85. The van der Waals surface area contributed by atoms with E-state index in [4.69, 9.17) is 10.2 Å². The first kappa shape index (κ1) is 10.5. The topological polar surface area (TPSA) is 64.9 Å². The third-order valence-electron chi connectivity index (χ3n) is 4.67. The Labute approximate surface area is 106 Å². The van der Waals surface area contributed by atoms with E-state index in [1.54, 1.807) is 0 Å². The number of hydrogen-bond acceptors (Lipinski definition) is 4. The molecule has 2 aliphatic carbocycles. The van der Waals surface area contributed by atoms with Crippen molar-refractivity contribution in [2.24, 2.45) is 17.6 Å². The minimum absolute atomic E-state index is 0.220. The first-order valence-electron chi connectivity index (χ1n) is 6.72. The zero-order chi connectivity index (χ0) is 12.3. The number of rotatable bonds is 1. The van der Waals surface area contributed by atoms with Gasteiger partial charge in [-0.25, -0.2) is 4.98 Å². The van der Waals surface area contributed by atoms with Crippen molar-refractivity contribution in [3.63, 3.8) is 0 Å². The molecular formula is C14H17N3O. The average molecular weight is 243 g/mol. The summed E-state index contributed by atoms with van der Waals surface area (Å²) in [5, 5.41) is 0. The van der Waals surface area contributed by atoms with E-state index in [9.17, 15) is 0 Å². The van der Waals surface area contributed by atoms with E-state index in [1.807, 2.05) is 19.1 Å². The van der Waals surface area contributed by atoms with Crippen molar-refractivity contribution < 1.29 is 4.42 Å². The molecule has 2 bridgehead atoms. The highest BCUT2D eigenvalue weighted by atomic mass is 16.3. The summed E-state index contributed by atoms with van der Waals surface area (Å²) in [6, 6.07) is 4.13. The Hall–Kier alpha value is -1.42. The van der Waals surface area contributed by atoms with Crippen molar-refractivity contribution in [3.05, 3.63) is 23.7 Å². The van der Waals surface area contributed by atoms with Gasteiger partial charge in [0.15, 0.2) is 11.2 Å². The summed E-state index contributed by atoms with van der Waals surface area (Å²) in [4.78, 5) is 8.98. The smallest absolute Gasteiger partial charge is 0.202 e. The van der Waals surface area contributed by atoms with Gasteiger partial charge in [-0.2, -0.15) is 4.98 Å². The van der Waals surface area contributed by atoms with Gasteiger partial charge >= 0.3 is 0 Å². The third kappa shape index (κ3) is 1.35.